The normalized spacial score (nSPS) is 11.5. The fourth-order valence-electron chi connectivity index (χ4n) is 2.85. The topological polar surface area (TPSA) is 188 Å². The number of nitrogens with zero attached hydrogens (tertiary/aromatic N) is 2. The van der Waals surface area contributed by atoms with E-state index in [1.165, 1.54) is 6.07 Å². The van der Waals surface area contributed by atoms with Crippen molar-refractivity contribution < 1.29 is 33.4 Å². The number of Topliss-reactive ketones (excluding diaryl/α,β-unsaturated/α-hetero) is 2. The van der Waals surface area contributed by atoms with Gasteiger partial charge in [0.1, 0.15) is 17.4 Å². The third kappa shape index (κ3) is 4.76. The first-order valence-electron chi connectivity index (χ1n) is 9.05. The second kappa shape index (κ2) is 9.13. The van der Waals surface area contributed by atoms with Crippen LogP contribution in [-0.4, -0.2) is 45.6 Å². The standard InChI is InChI=1S/C20H14FN4O8/c1-33-20(30)17(27)14(16(26)19(29)22-10-4-2-9(21)3-5-10)15-18(28)24-13-8-11(25(31)32)6-7-12(13)23-15/h2-8,14H,1H3,(H3-,22,23,24,26,27,28,29,30,31,32)/q-1. The molecule has 0 saturated heterocycles. The lowest BCUT2D eigenvalue weighted by Gasteiger charge is -2.16. The smallest absolute Gasteiger partial charge is 0.375 e. The summed E-state index contributed by atoms with van der Waals surface area (Å²) in [5.41, 5.74) is -0.680. The average Bonchev–Trinajstić information content (AvgIpc) is 2.79. The van der Waals surface area contributed by atoms with Gasteiger partial charge in [-0.2, -0.15) is 4.90 Å². The van der Waals surface area contributed by atoms with E-state index in [1.807, 2.05) is 0 Å². The molecule has 3 N–H and O–H groups in total. The molecule has 2 aliphatic rings. The monoisotopic (exact) mass is 457 g/mol. The number of halogens is 1. The van der Waals surface area contributed by atoms with Crippen LogP contribution in [-0.2, 0) is 23.9 Å². The van der Waals surface area contributed by atoms with Crippen molar-refractivity contribution in [1.29, 1.82) is 0 Å². The third-order valence-corrected chi connectivity index (χ3v) is 4.44. The van der Waals surface area contributed by atoms with E-state index in [0.29, 0.717) is 0 Å². The minimum Gasteiger partial charge on any atom is -0.612 e. The number of rotatable bonds is 6. The van der Waals surface area contributed by atoms with Crippen molar-refractivity contribution in [3.8, 4) is 17.3 Å². The van der Waals surface area contributed by atoms with Gasteiger partial charge in [0.15, 0.2) is 0 Å². The highest BCUT2D eigenvalue weighted by Gasteiger charge is 2.41. The maximum atomic E-state index is 13.1. The van der Waals surface area contributed by atoms with Gasteiger partial charge in [0.2, 0.25) is 17.0 Å². The molecule has 1 aromatic rings. The van der Waals surface area contributed by atoms with Gasteiger partial charge in [0.05, 0.1) is 18.5 Å². The molecule has 12 nitrogen and oxygen atoms in total. The number of nitrogens with one attached hydrogen (secondary N) is 2. The van der Waals surface area contributed by atoms with Crippen molar-refractivity contribution in [2.24, 2.45) is 0 Å². The molecule has 1 aliphatic carbocycles. The highest BCUT2D eigenvalue weighted by molar-refractivity contribution is 6.52. The maximum absolute atomic E-state index is 13.1. The number of aromatic nitrogens is 2. The fourth-order valence-corrected chi connectivity index (χ4v) is 2.85. The molecule has 0 fully saturated rings. The number of hydrogen-bond acceptors (Lipinski definition) is 9. The van der Waals surface area contributed by atoms with E-state index in [9.17, 15) is 39.1 Å². The number of aromatic amines is 1. The first-order chi connectivity index (χ1) is 15.6. The fraction of sp³-hybridized carbons (Fsp3) is 0.100. The van der Waals surface area contributed by atoms with Gasteiger partial charge in [-0.25, -0.2) is 14.2 Å². The molecule has 1 aromatic carbocycles. The van der Waals surface area contributed by atoms with E-state index in [2.05, 4.69) is 20.0 Å². The van der Waals surface area contributed by atoms with Gasteiger partial charge in [0, 0.05) is 17.8 Å². The van der Waals surface area contributed by atoms with Crippen LogP contribution in [0.1, 0.15) is 11.6 Å². The Morgan fingerprint density at radius 3 is 2.39 bits per heavy atom. The number of carbonyl (C=O) groups is 4. The summed E-state index contributed by atoms with van der Waals surface area (Å²) in [6, 6.07) is 7.66. The minimum absolute atomic E-state index is 0.0113. The van der Waals surface area contributed by atoms with Gasteiger partial charge in [-0.05, 0) is 30.3 Å². The number of esters is 1. The number of aromatic hydroxyl groups is 1. The van der Waals surface area contributed by atoms with Gasteiger partial charge in [0.25, 0.3) is 11.7 Å². The molecule has 3 rings (SSSR count). The molecule has 0 bridgehead atoms. The zero-order chi connectivity index (χ0) is 24.3. The van der Waals surface area contributed by atoms with Gasteiger partial charge >= 0.3 is 5.97 Å². The van der Waals surface area contributed by atoms with Crippen molar-refractivity contribution in [2.45, 2.75) is 5.92 Å². The van der Waals surface area contributed by atoms with Crippen molar-refractivity contribution in [1.82, 2.24) is 14.9 Å². The molecule has 0 spiro atoms. The number of ether oxygens (including phenoxy) is 1. The summed E-state index contributed by atoms with van der Waals surface area (Å²) in [6.07, 6.45) is 0. The quantitative estimate of drug-likeness (QED) is 0.200. The van der Waals surface area contributed by atoms with Gasteiger partial charge in [-0.1, -0.05) is 0 Å². The van der Waals surface area contributed by atoms with Crippen molar-refractivity contribution in [3.05, 3.63) is 69.7 Å². The lowest BCUT2D eigenvalue weighted by Crippen LogP contribution is -2.37. The maximum Gasteiger partial charge on any atom is 0.375 e. The van der Waals surface area contributed by atoms with Crippen molar-refractivity contribution in [3.63, 3.8) is 0 Å². The molecule has 0 aromatic heterocycles. The second-order valence-corrected chi connectivity index (χ2v) is 6.54. The van der Waals surface area contributed by atoms with Crippen LogP contribution in [0.2, 0.25) is 0 Å². The van der Waals surface area contributed by atoms with E-state index < -0.39 is 51.7 Å². The van der Waals surface area contributed by atoms with Crippen LogP contribution in [0.15, 0.2) is 42.5 Å². The molecule has 170 valence electrons. The Morgan fingerprint density at radius 2 is 1.79 bits per heavy atom. The molecule has 1 heterocycles. The molecule has 1 amide bonds. The zero-order valence-corrected chi connectivity index (χ0v) is 16.7. The molecule has 1 unspecified atom stereocenters. The van der Waals surface area contributed by atoms with Gasteiger partial charge < -0.3 is 30.6 Å². The highest BCUT2D eigenvalue weighted by Crippen LogP contribution is 2.29. The molecule has 13 heteroatoms. The predicted octanol–water partition coefficient (Wildman–Crippen LogP) is 0.160. The Kier molecular flexibility index (Phi) is 6.33. The molecule has 1 aliphatic heterocycles. The van der Waals surface area contributed by atoms with Crippen LogP contribution in [0.5, 0.6) is 5.88 Å². The molecule has 0 radical (unpaired) electrons. The first kappa shape index (κ1) is 22.9. The molecular formula is C20H14FN4O8-. The zero-order valence-electron chi connectivity index (χ0n) is 16.7. The number of benzene rings is 2. The second-order valence-electron chi connectivity index (χ2n) is 6.54. The van der Waals surface area contributed by atoms with E-state index in [0.717, 1.165) is 43.5 Å². The summed E-state index contributed by atoms with van der Waals surface area (Å²) in [5.74, 6) is -9.47. The Hall–Kier alpha value is -4.81. The number of methoxy groups -OCH3 is 1. The Labute approximate surface area is 183 Å². The Balaban J connectivity index is 2.07. The molecule has 1 atom stereocenters. The number of carbonyl (C=O) groups excluding carboxylic acids is 4. The van der Waals surface area contributed by atoms with Crippen LogP contribution in [0, 0.1) is 16.2 Å². The first-order valence-corrected chi connectivity index (χ1v) is 9.05. The van der Waals surface area contributed by atoms with Crippen LogP contribution in [0.25, 0.3) is 11.4 Å². The number of fused-ring (bicyclic) bond motifs is 1. The van der Waals surface area contributed by atoms with Crippen molar-refractivity contribution >= 4 is 29.1 Å². The average molecular weight is 457 g/mol. The third-order valence-electron chi connectivity index (χ3n) is 4.44. The number of hydrogen-bond donors (Lipinski definition) is 3. The summed E-state index contributed by atoms with van der Waals surface area (Å²) in [5, 5.41) is 34.0. The largest absolute Gasteiger partial charge is 0.612 e. The number of anilines is 1. The summed E-state index contributed by atoms with van der Waals surface area (Å²) in [4.78, 5) is 55.3. The number of amides is 1. The van der Waals surface area contributed by atoms with Crippen LogP contribution in [0.4, 0.5) is 10.1 Å². The minimum atomic E-state index is -2.20. The van der Waals surface area contributed by atoms with E-state index in [-0.39, 0.29) is 22.4 Å². The summed E-state index contributed by atoms with van der Waals surface area (Å²) < 4.78 is 17.4. The Bertz CT molecular complexity index is 1300. The van der Waals surface area contributed by atoms with Crippen molar-refractivity contribution in [2.75, 3.05) is 12.4 Å². The predicted molar refractivity (Wildman–Crippen MR) is 109 cm³/mol. The number of ketones is 2. The summed E-state index contributed by atoms with van der Waals surface area (Å²) >= 11 is 0. The summed E-state index contributed by atoms with van der Waals surface area (Å²) in [6.45, 7) is 0. The van der Waals surface area contributed by atoms with Crippen LogP contribution >= 0.6 is 0 Å². The summed E-state index contributed by atoms with van der Waals surface area (Å²) in [7, 11) is 0.874. The lowest BCUT2D eigenvalue weighted by atomic mass is 9.93. The van der Waals surface area contributed by atoms with E-state index in [4.69, 9.17) is 0 Å². The van der Waals surface area contributed by atoms with Crippen LogP contribution in [0.3, 0.4) is 0 Å². The van der Waals surface area contributed by atoms with E-state index >= 15 is 0 Å². The highest BCUT2D eigenvalue weighted by atomic mass is 19.1. The van der Waals surface area contributed by atoms with Crippen LogP contribution < -0.4 is 15.6 Å². The SMILES string of the molecule is COC(=O)C(=O)C(C(=O)C(=O)Nc1ccc(F)cc1)c1nc2ccc(=[N+]([O-])[O-])cc-2[nH]c1O. The Morgan fingerprint density at radius 1 is 1.12 bits per heavy atom. The van der Waals surface area contributed by atoms with E-state index in [1.54, 1.807) is 0 Å². The molecule has 0 saturated carbocycles. The number of H-pyrrole nitrogens is 1. The van der Waals surface area contributed by atoms with Gasteiger partial charge in [-0.15, -0.1) is 0 Å². The molecule has 33 heavy (non-hydrogen) atoms. The lowest BCUT2D eigenvalue weighted by molar-refractivity contribution is -0.154. The van der Waals surface area contributed by atoms with Gasteiger partial charge in [-0.3, -0.25) is 14.4 Å². The molecular weight excluding hydrogens is 443 g/mol.